The van der Waals surface area contributed by atoms with Crippen molar-refractivity contribution in [3.63, 3.8) is 0 Å². The Hall–Kier alpha value is -2.19. The van der Waals surface area contributed by atoms with Gasteiger partial charge in [0.25, 0.3) is 5.91 Å². The number of carbonyl (C=O) groups is 1. The Morgan fingerprint density at radius 3 is 2.80 bits per heavy atom. The lowest BCUT2D eigenvalue weighted by Gasteiger charge is -2.27. The molecule has 0 radical (unpaired) electrons. The highest BCUT2D eigenvalue weighted by Crippen LogP contribution is 2.16. The summed E-state index contributed by atoms with van der Waals surface area (Å²) >= 11 is 3.38. The number of rotatable bonds is 6. The smallest absolute Gasteiger partial charge is 0.252 e. The SMILES string of the molecule is O=C(NCCNc1cc(N2CCOCC2)ncn1)c1ccccc1Br. The number of hydrogen-bond acceptors (Lipinski definition) is 6. The fourth-order valence-corrected chi connectivity index (χ4v) is 2.98. The molecule has 7 nitrogen and oxygen atoms in total. The average molecular weight is 406 g/mol. The number of anilines is 2. The van der Waals surface area contributed by atoms with Crippen molar-refractivity contribution in [3.8, 4) is 0 Å². The molecule has 1 aromatic heterocycles. The Morgan fingerprint density at radius 1 is 1.20 bits per heavy atom. The van der Waals surface area contributed by atoms with E-state index in [1.807, 2.05) is 24.3 Å². The van der Waals surface area contributed by atoms with Crippen LogP contribution in [0.25, 0.3) is 0 Å². The molecule has 0 spiro atoms. The zero-order valence-electron chi connectivity index (χ0n) is 13.7. The van der Waals surface area contributed by atoms with Crippen molar-refractivity contribution in [2.75, 3.05) is 49.6 Å². The lowest BCUT2D eigenvalue weighted by atomic mass is 10.2. The molecule has 1 amide bonds. The summed E-state index contributed by atoms with van der Waals surface area (Å²) < 4.78 is 6.14. The summed E-state index contributed by atoms with van der Waals surface area (Å²) in [6.07, 6.45) is 1.55. The van der Waals surface area contributed by atoms with E-state index < -0.39 is 0 Å². The number of amides is 1. The highest BCUT2D eigenvalue weighted by molar-refractivity contribution is 9.10. The van der Waals surface area contributed by atoms with Crippen LogP contribution in [0.2, 0.25) is 0 Å². The first-order valence-corrected chi connectivity index (χ1v) is 8.94. The summed E-state index contributed by atoms with van der Waals surface area (Å²) in [4.78, 5) is 22.8. The van der Waals surface area contributed by atoms with E-state index in [0.717, 1.165) is 29.2 Å². The van der Waals surface area contributed by atoms with E-state index in [1.54, 1.807) is 12.4 Å². The Bertz CT molecular complexity index is 722. The molecule has 3 rings (SSSR count). The molecule has 25 heavy (non-hydrogen) atoms. The number of halogens is 1. The molecule has 8 heteroatoms. The molecule has 2 heterocycles. The lowest BCUT2D eigenvalue weighted by molar-refractivity contribution is 0.0954. The van der Waals surface area contributed by atoms with Crippen LogP contribution in [0.15, 0.2) is 41.1 Å². The van der Waals surface area contributed by atoms with Gasteiger partial charge in [-0.3, -0.25) is 4.79 Å². The Morgan fingerprint density at radius 2 is 2.00 bits per heavy atom. The molecule has 1 aliphatic heterocycles. The monoisotopic (exact) mass is 405 g/mol. The van der Waals surface area contributed by atoms with Gasteiger partial charge in [-0.25, -0.2) is 9.97 Å². The molecule has 132 valence electrons. The van der Waals surface area contributed by atoms with Crippen molar-refractivity contribution < 1.29 is 9.53 Å². The maximum atomic E-state index is 12.1. The van der Waals surface area contributed by atoms with Gasteiger partial charge < -0.3 is 20.3 Å². The molecular weight excluding hydrogens is 386 g/mol. The summed E-state index contributed by atoms with van der Waals surface area (Å²) in [6.45, 7) is 4.17. The molecule has 2 N–H and O–H groups in total. The van der Waals surface area contributed by atoms with E-state index in [9.17, 15) is 4.79 Å². The molecule has 0 bridgehead atoms. The average Bonchev–Trinajstić information content (AvgIpc) is 2.66. The normalized spacial score (nSPS) is 14.2. The Balaban J connectivity index is 1.47. The van der Waals surface area contributed by atoms with Crippen LogP contribution in [0.5, 0.6) is 0 Å². The van der Waals surface area contributed by atoms with E-state index in [4.69, 9.17) is 4.74 Å². The lowest BCUT2D eigenvalue weighted by Crippen LogP contribution is -2.36. The van der Waals surface area contributed by atoms with E-state index in [2.05, 4.69) is 41.4 Å². The van der Waals surface area contributed by atoms with Gasteiger partial charge >= 0.3 is 0 Å². The minimum absolute atomic E-state index is 0.106. The van der Waals surface area contributed by atoms with Crippen LogP contribution in [0, 0.1) is 0 Å². The van der Waals surface area contributed by atoms with Gasteiger partial charge in [-0.05, 0) is 28.1 Å². The van der Waals surface area contributed by atoms with Crippen molar-refractivity contribution in [1.29, 1.82) is 0 Å². The van der Waals surface area contributed by atoms with Crippen LogP contribution in [0.1, 0.15) is 10.4 Å². The molecule has 0 atom stereocenters. The molecule has 1 saturated heterocycles. The summed E-state index contributed by atoms with van der Waals surface area (Å²) in [5.41, 5.74) is 0.624. The summed E-state index contributed by atoms with van der Waals surface area (Å²) in [6, 6.07) is 9.27. The number of benzene rings is 1. The largest absolute Gasteiger partial charge is 0.378 e. The Labute approximate surface area is 154 Å². The zero-order valence-corrected chi connectivity index (χ0v) is 15.3. The number of carbonyl (C=O) groups excluding carboxylic acids is 1. The molecule has 1 fully saturated rings. The maximum absolute atomic E-state index is 12.1. The van der Waals surface area contributed by atoms with E-state index in [1.165, 1.54) is 0 Å². The highest BCUT2D eigenvalue weighted by atomic mass is 79.9. The fraction of sp³-hybridized carbons (Fsp3) is 0.353. The third-order valence-corrected chi connectivity index (χ3v) is 4.51. The number of hydrogen-bond donors (Lipinski definition) is 2. The van der Waals surface area contributed by atoms with Crippen molar-refractivity contribution in [2.24, 2.45) is 0 Å². The van der Waals surface area contributed by atoms with Crippen LogP contribution >= 0.6 is 15.9 Å². The van der Waals surface area contributed by atoms with Crippen molar-refractivity contribution in [1.82, 2.24) is 15.3 Å². The first kappa shape index (κ1) is 17.6. The second-order valence-electron chi connectivity index (χ2n) is 5.52. The first-order valence-electron chi connectivity index (χ1n) is 8.15. The summed E-state index contributed by atoms with van der Waals surface area (Å²) in [5.74, 6) is 1.52. The van der Waals surface area contributed by atoms with E-state index in [0.29, 0.717) is 31.9 Å². The first-order chi connectivity index (χ1) is 12.2. The predicted molar refractivity (Wildman–Crippen MR) is 100 cm³/mol. The maximum Gasteiger partial charge on any atom is 0.252 e. The number of ether oxygens (including phenoxy) is 1. The molecule has 0 aliphatic carbocycles. The van der Waals surface area contributed by atoms with Crippen molar-refractivity contribution in [3.05, 3.63) is 46.7 Å². The third-order valence-electron chi connectivity index (χ3n) is 3.82. The molecule has 0 saturated carbocycles. The van der Waals surface area contributed by atoms with Gasteiger partial charge in [0.15, 0.2) is 0 Å². The molecule has 1 aromatic carbocycles. The van der Waals surface area contributed by atoms with E-state index in [-0.39, 0.29) is 5.91 Å². The van der Waals surface area contributed by atoms with Gasteiger partial charge in [0.2, 0.25) is 0 Å². The van der Waals surface area contributed by atoms with Crippen molar-refractivity contribution in [2.45, 2.75) is 0 Å². The molecule has 1 aliphatic rings. The van der Waals surface area contributed by atoms with Crippen LogP contribution in [0.3, 0.4) is 0 Å². The van der Waals surface area contributed by atoms with Gasteiger partial charge in [-0.2, -0.15) is 0 Å². The van der Waals surface area contributed by atoms with Crippen LogP contribution in [0.4, 0.5) is 11.6 Å². The number of aromatic nitrogens is 2. The van der Waals surface area contributed by atoms with Crippen LogP contribution < -0.4 is 15.5 Å². The molecule has 2 aromatic rings. The minimum Gasteiger partial charge on any atom is -0.378 e. The van der Waals surface area contributed by atoms with Gasteiger partial charge in [-0.1, -0.05) is 12.1 Å². The number of nitrogens with one attached hydrogen (secondary N) is 2. The quantitative estimate of drug-likeness (QED) is 0.714. The summed E-state index contributed by atoms with van der Waals surface area (Å²) in [5, 5.41) is 6.10. The highest BCUT2D eigenvalue weighted by Gasteiger charge is 2.13. The zero-order chi connectivity index (χ0) is 17.5. The van der Waals surface area contributed by atoms with Crippen molar-refractivity contribution >= 4 is 33.5 Å². The Kier molecular flexibility index (Phi) is 6.19. The number of nitrogens with zero attached hydrogens (tertiary/aromatic N) is 3. The topological polar surface area (TPSA) is 79.4 Å². The molecule has 0 unspecified atom stereocenters. The van der Waals surface area contributed by atoms with Gasteiger partial charge in [-0.15, -0.1) is 0 Å². The summed E-state index contributed by atoms with van der Waals surface area (Å²) in [7, 11) is 0. The standard InChI is InChI=1S/C17H20BrN5O2/c18-14-4-2-1-3-13(14)17(24)20-6-5-19-15-11-16(22-12-21-15)23-7-9-25-10-8-23/h1-4,11-12H,5-10H2,(H,20,24)(H,19,21,22). The molecular formula is C17H20BrN5O2. The van der Waals surface area contributed by atoms with Crippen LogP contribution in [-0.2, 0) is 4.74 Å². The minimum atomic E-state index is -0.106. The predicted octanol–water partition coefficient (Wildman–Crippen LogP) is 1.92. The van der Waals surface area contributed by atoms with Gasteiger partial charge in [0.1, 0.15) is 18.0 Å². The fourth-order valence-electron chi connectivity index (χ4n) is 2.52. The van der Waals surface area contributed by atoms with E-state index >= 15 is 0 Å². The second kappa shape index (κ2) is 8.77. The number of morpholine rings is 1. The third kappa shape index (κ3) is 4.90. The van der Waals surface area contributed by atoms with Gasteiger partial charge in [0, 0.05) is 36.7 Å². The van der Waals surface area contributed by atoms with Gasteiger partial charge in [0.05, 0.1) is 18.8 Å². The second-order valence-corrected chi connectivity index (χ2v) is 6.38. The van der Waals surface area contributed by atoms with Crippen LogP contribution in [-0.4, -0.2) is 55.3 Å².